The Labute approximate surface area is 118 Å². The summed E-state index contributed by atoms with van der Waals surface area (Å²) in [4.78, 5) is 4.34. The molecule has 19 heavy (non-hydrogen) atoms. The van der Waals surface area contributed by atoms with Crippen LogP contribution in [0.25, 0.3) is 0 Å². The van der Waals surface area contributed by atoms with Crippen LogP contribution in [0, 0.1) is 20.8 Å². The summed E-state index contributed by atoms with van der Waals surface area (Å²) in [7, 11) is 0. The van der Waals surface area contributed by atoms with Crippen LogP contribution in [0.1, 0.15) is 34.0 Å². The number of hydrogen-bond acceptors (Lipinski definition) is 3. The minimum Gasteiger partial charge on any atom is -0.271 e. The van der Waals surface area contributed by atoms with E-state index in [1.807, 2.05) is 12.1 Å². The van der Waals surface area contributed by atoms with Crippen molar-refractivity contribution in [1.29, 1.82) is 0 Å². The highest BCUT2D eigenvalue weighted by Crippen LogP contribution is 2.26. The van der Waals surface area contributed by atoms with Crippen molar-refractivity contribution in [3.63, 3.8) is 0 Å². The summed E-state index contributed by atoms with van der Waals surface area (Å²) in [5.41, 5.74) is 8.56. The van der Waals surface area contributed by atoms with E-state index >= 15 is 0 Å². The van der Waals surface area contributed by atoms with Crippen molar-refractivity contribution in [2.75, 3.05) is 0 Å². The summed E-state index contributed by atoms with van der Waals surface area (Å²) < 4.78 is 0. The van der Waals surface area contributed by atoms with Crippen LogP contribution in [0.5, 0.6) is 0 Å². The first-order valence-corrected chi connectivity index (χ1v) is 6.56. The van der Waals surface area contributed by atoms with Gasteiger partial charge in [-0.3, -0.25) is 10.8 Å². The molecule has 100 valence electrons. The summed E-state index contributed by atoms with van der Waals surface area (Å²) >= 11 is 5.87. The topological polar surface area (TPSA) is 50.9 Å². The van der Waals surface area contributed by atoms with Crippen LogP contribution in [0.3, 0.4) is 0 Å². The Morgan fingerprint density at radius 3 is 2.37 bits per heavy atom. The number of pyridine rings is 1. The van der Waals surface area contributed by atoms with Gasteiger partial charge in [0.2, 0.25) is 0 Å². The molecule has 1 aromatic carbocycles. The Hall–Kier alpha value is -1.42. The van der Waals surface area contributed by atoms with E-state index in [9.17, 15) is 0 Å². The van der Waals surface area contributed by atoms with Gasteiger partial charge in [-0.15, -0.1) is 0 Å². The average Bonchev–Trinajstić information content (AvgIpc) is 2.38. The van der Waals surface area contributed by atoms with Crippen LogP contribution < -0.4 is 11.3 Å². The van der Waals surface area contributed by atoms with E-state index in [2.05, 4.69) is 43.3 Å². The number of hydrazine groups is 1. The quantitative estimate of drug-likeness (QED) is 0.668. The number of nitrogens with two attached hydrogens (primary N) is 1. The number of aryl methyl sites for hydroxylation is 3. The predicted molar refractivity (Wildman–Crippen MR) is 79.1 cm³/mol. The molecule has 4 heteroatoms. The fourth-order valence-corrected chi connectivity index (χ4v) is 2.30. The maximum absolute atomic E-state index is 5.87. The first-order chi connectivity index (χ1) is 9.02. The molecule has 0 saturated heterocycles. The average molecular weight is 276 g/mol. The highest BCUT2D eigenvalue weighted by molar-refractivity contribution is 6.30. The molecule has 2 aromatic rings. The molecule has 0 spiro atoms. The monoisotopic (exact) mass is 275 g/mol. The molecule has 1 atom stereocenters. The van der Waals surface area contributed by atoms with Crippen LogP contribution in [0.4, 0.5) is 0 Å². The van der Waals surface area contributed by atoms with E-state index in [0.717, 1.165) is 11.3 Å². The molecule has 1 aromatic heterocycles. The van der Waals surface area contributed by atoms with Crippen molar-refractivity contribution in [2.24, 2.45) is 5.84 Å². The number of hydrogen-bond donors (Lipinski definition) is 2. The fraction of sp³-hybridized carbons (Fsp3) is 0.267. The second-order valence-electron chi connectivity index (χ2n) is 4.79. The van der Waals surface area contributed by atoms with E-state index in [0.29, 0.717) is 5.02 Å². The molecule has 2 rings (SSSR count). The van der Waals surface area contributed by atoms with E-state index in [-0.39, 0.29) is 6.04 Å². The first-order valence-electron chi connectivity index (χ1n) is 6.18. The molecule has 0 radical (unpaired) electrons. The lowest BCUT2D eigenvalue weighted by molar-refractivity contribution is 0.617. The second-order valence-corrected chi connectivity index (χ2v) is 5.23. The SMILES string of the molecule is Cc1cc(C)c(C(NN)c2ccc(Cl)cn2)cc1C. The van der Waals surface area contributed by atoms with Gasteiger partial charge in [0, 0.05) is 6.20 Å². The van der Waals surface area contributed by atoms with Crippen molar-refractivity contribution >= 4 is 11.6 Å². The molecule has 3 N–H and O–H groups in total. The maximum atomic E-state index is 5.87. The van der Waals surface area contributed by atoms with E-state index < -0.39 is 0 Å². The van der Waals surface area contributed by atoms with Crippen molar-refractivity contribution in [2.45, 2.75) is 26.8 Å². The van der Waals surface area contributed by atoms with Gasteiger partial charge in [-0.2, -0.15) is 0 Å². The lowest BCUT2D eigenvalue weighted by atomic mass is 9.94. The van der Waals surface area contributed by atoms with Gasteiger partial charge >= 0.3 is 0 Å². The van der Waals surface area contributed by atoms with Gasteiger partial charge in [-0.05, 0) is 55.2 Å². The van der Waals surface area contributed by atoms with Crippen LogP contribution in [0.2, 0.25) is 5.02 Å². The zero-order chi connectivity index (χ0) is 14.0. The largest absolute Gasteiger partial charge is 0.271 e. The molecule has 1 heterocycles. The van der Waals surface area contributed by atoms with Gasteiger partial charge in [-0.1, -0.05) is 23.7 Å². The van der Waals surface area contributed by atoms with Gasteiger partial charge in [0.1, 0.15) is 0 Å². The normalized spacial score (nSPS) is 12.5. The molecule has 0 amide bonds. The molecule has 1 unspecified atom stereocenters. The van der Waals surface area contributed by atoms with Crippen molar-refractivity contribution in [3.05, 3.63) is 63.4 Å². The molecule has 0 aliphatic rings. The highest BCUT2D eigenvalue weighted by atomic mass is 35.5. The first kappa shape index (κ1) is 14.0. The maximum Gasteiger partial charge on any atom is 0.0884 e. The third kappa shape index (κ3) is 2.95. The van der Waals surface area contributed by atoms with Crippen molar-refractivity contribution in [3.8, 4) is 0 Å². The molecule has 3 nitrogen and oxygen atoms in total. The molecule has 0 aliphatic heterocycles. The standard InChI is InChI=1S/C15H18ClN3/c1-9-6-11(3)13(7-10(9)2)15(19-17)14-5-4-12(16)8-18-14/h4-8,15,19H,17H2,1-3H3. The van der Waals surface area contributed by atoms with Gasteiger partial charge < -0.3 is 0 Å². The predicted octanol–water partition coefficient (Wildman–Crippen LogP) is 3.21. The van der Waals surface area contributed by atoms with Crippen LogP contribution in [-0.4, -0.2) is 4.98 Å². The number of halogens is 1. The van der Waals surface area contributed by atoms with Crippen LogP contribution >= 0.6 is 11.6 Å². The summed E-state index contributed by atoms with van der Waals surface area (Å²) in [5.74, 6) is 5.71. The minimum atomic E-state index is -0.128. The molecule has 0 aliphatic carbocycles. The molecule has 0 saturated carbocycles. The number of rotatable bonds is 3. The Kier molecular flexibility index (Phi) is 4.20. The van der Waals surface area contributed by atoms with Gasteiger partial charge in [0.25, 0.3) is 0 Å². The van der Waals surface area contributed by atoms with Crippen molar-refractivity contribution in [1.82, 2.24) is 10.4 Å². The third-order valence-corrected chi connectivity index (χ3v) is 3.63. The second kappa shape index (κ2) is 5.70. The van der Waals surface area contributed by atoms with Crippen molar-refractivity contribution < 1.29 is 0 Å². The van der Waals surface area contributed by atoms with E-state index in [4.69, 9.17) is 17.4 Å². The van der Waals surface area contributed by atoms with E-state index in [1.165, 1.54) is 16.7 Å². The number of benzene rings is 1. The summed E-state index contributed by atoms with van der Waals surface area (Å²) in [6, 6.07) is 7.92. The Morgan fingerprint density at radius 1 is 1.11 bits per heavy atom. The van der Waals surface area contributed by atoms with Crippen LogP contribution in [0.15, 0.2) is 30.5 Å². The fourth-order valence-electron chi connectivity index (χ4n) is 2.19. The number of aromatic nitrogens is 1. The smallest absolute Gasteiger partial charge is 0.0884 e. The highest BCUT2D eigenvalue weighted by Gasteiger charge is 2.16. The Morgan fingerprint density at radius 2 is 1.79 bits per heavy atom. The Balaban J connectivity index is 2.47. The van der Waals surface area contributed by atoms with Gasteiger partial charge in [-0.25, -0.2) is 5.43 Å². The van der Waals surface area contributed by atoms with Gasteiger partial charge in [0.05, 0.1) is 16.8 Å². The molecule has 0 bridgehead atoms. The zero-order valence-electron chi connectivity index (χ0n) is 11.4. The Bertz CT molecular complexity index is 579. The molecular formula is C15H18ClN3. The number of nitrogens with one attached hydrogen (secondary N) is 1. The third-order valence-electron chi connectivity index (χ3n) is 3.41. The number of nitrogens with zero attached hydrogens (tertiary/aromatic N) is 1. The minimum absolute atomic E-state index is 0.128. The van der Waals surface area contributed by atoms with Gasteiger partial charge in [0.15, 0.2) is 0 Å². The van der Waals surface area contributed by atoms with E-state index in [1.54, 1.807) is 6.20 Å². The summed E-state index contributed by atoms with van der Waals surface area (Å²) in [6.45, 7) is 6.29. The van der Waals surface area contributed by atoms with Crippen LogP contribution in [-0.2, 0) is 0 Å². The lowest BCUT2D eigenvalue weighted by Gasteiger charge is -2.19. The lowest BCUT2D eigenvalue weighted by Crippen LogP contribution is -2.30. The summed E-state index contributed by atoms with van der Waals surface area (Å²) in [5, 5.41) is 0.622. The summed E-state index contributed by atoms with van der Waals surface area (Å²) in [6.07, 6.45) is 1.64. The molecule has 0 fully saturated rings. The zero-order valence-corrected chi connectivity index (χ0v) is 12.1. The molecular weight excluding hydrogens is 258 g/mol.